The molecule has 0 aliphatic rings. The molecule has 0 radical (unpaired) electrons. The molecule has 0 aliphatic heterocycles. The highest BCUT2D eigenvalue weighted by molar-refractivity contribution is 5.77. The van der Waals surface area contributed by atoms with Crippen molar-refractivity contribution in [1.82, 2.24) is 15.5 Å². The first-order valence-electron chi connectivity index (χ1n) is 5.37. The summed E-state index contributed by atoms with van der Waals surface area (Å²) in [6.07, 6.45) is 3.32. The molecule has 1 heterocycles. The van der Waals surface area contributed by atoms with Crippen molar-refractivity contribution in [2.24, 2.45) is 0 Å². The van der Waals surface area contributed by atoms with E-state index in [-0.39, 0.29) is 18.3 Å². The number of hydrogen-bond acceptors (Lipinski definition) is 3. The minimum absolute atomic E-state index is 0.108. The maximum Gasteiger partial charge on any atom is 0.258 e. The second-order valence-electron chi connectivity index (χ2n) is 3.63. The van der Waals surface area contributed by atoms with E-state index in [0.29, 0.717) is 12.3 Å². The molecule has 0 saturated heterocycles. The van der Waals surface area contributed by atoms with Crippen LogP contribution in [0.15, 0.2) is 36.7 Å². The first kappa shape index (κ1) is 12.1. The second kappa shape index (κ2) is 5.81. The third-order valence-corrected chi connectivity index (χ3v) is 2.23. The van der Waals surface area contributed by atoms with Crippen molar-refractivity contribution < 1.29 is 13.9 Å². The van der Waals surface area contributed by atoms with Crippen LogP contribution in [0.4, 0.5) is 4.39 Å². The molecular weight excluding hydrogens is 237 g/mol. The number of amides is 1. The van der Waals surface area contributed by atoms with Crippen LogP contribution < -0.4 is 10.1 Å². The Balaban J connectivity index is 1.73. The molecule has 1 amide bonds. The summed E-state index contributed by atoms with van der Waals surface area (Å²) in [4.78, 5) is 11.4. The molecule has 0 spiro atoms. The molecule has 0 aliphatic carbocycles. The highest BCUT2D eigenvalue weighted by Gasteiger charge is 2.03. The summed E-state index contributed by atoms with van der Waals surface area (Å²) in [6.45, 7) is 0.283. The Bertz CT molecular complexity index is 497. The number of rotatable bonds is 5. The van der Waals surface area contributed by atoms with Gasteiger partial charge in [-0.1, -0.05) is 0 Å². The Morgan fingerprint density at radius 3 is 2.83 bits per heavy atom. The van der Waals surface area contributed by atoms with Crippen LogP contribution in [0.1, 0.15) is 5.56 Å². The number of aromatic amines is 1. The van der Waals surface area contributed by atoms with Gasteiger partial charge in [-0.3, -0.25) is 9.89 Å². The number of aromatic nitrogens is 2. The number of halogens is 1. The standard InChI is InChI=1S/C12H12FN3O2/c13-10-1-3-11(4-2-10)18-8-12(17)14-5-9-6-15-16-7-9/h1-4,6-7H,5,8H2,(H,14,17)(H,15,16). The van der Waals surface area contributed by atoms with E-state index in [1.54, 1.807) is 12.4 Å². The smallest absolute Gasteiger partial charge is 0.258 e. The van der Waals surface area contributed by atoms with E-state index in [0.717, 1.165) is 5.56 Å². The minimum Gasteiger partial charge on any atom is -0.484 e. The number of nitrogens with one attached hydrogen (secondary N) is 2. The average Bonchev–Trinajstić information content (AvgIpc) is 2.89. The van der Waals surface area contributed by atoms with Crippen LogP contribution in [0.25, 0.3) is 0 Å². The molecule has 2 N–H and O–H groups in total. The number of benzene rings is 1. The summed E-state index contributed by atoms with van der Waals surface area (Å²) in [7, 11) is 0. The number of carbonyl (C=O) groups is 1. The Labute approximate surface area is 103 Å². The summed E-state index contributed by atoms with van der Waals surface area (Å²) in [5.74, 6) is -0.137. The van der Waals surface area contributed by atoms with Crippen LogP contribution >= 0.6 is 0 Å². The van der Waals surface area contributed by atoms with Gasteiger partial charge in [0.2, 0.25) is 0 Å². The van der Waals surface area contributed by atoms with Crippen molar-refractivity contribution in [1.29, 1.82) is 0 Å². The molecule has 2 rings (SSSR count). The molecule has 0 saturated carbocycles. The monoisotopic (exact) mass is 249 g/mol. The van der Waals surface area contributed by atoms with Gasteiger partial charge in [-0.25, -0.2) is 4.39 Å². The van der Waals surface area contributed by atoms with Crippen LogP contribution in [0.2, 0.25) is 0 Å². The van der Waals surface area contributed by atoms with Gasteiger partial charge < -0.3 is 10.1 Å². The molecular formula is C12H12FN3O2. The highest BCUT2D eigenvalue weighted by atomic mass is 19.1. The molecule has 6 heteroatoms. The third-order valence-electron chi connectivity index (χ3n) is 2.23. The van der Waals surface area contributed by atoms with Crippen LogP contribution in [0.5, 0.6) is 5.75 Å². The lowest BCUT2D eigenvalue weighted by Crippen LogP contribution is -2.28. The average molecular weight is 249 g/mol. The van der Waals surface area contributed by atoms with Gasteiger partial charge in [0.1, 0.15) is 11.6 Å². The summed E-state index contributed by atoms with van der Waals surface area (Å²) in [6, 6.07) is 5.49. The predicted octanol–water partition coefficient (Wildman–Crippen LogP) is 1.24. The quantitative estimate of drug-likeness (QED) is 0.837. The summed E-state index contributed by atoms with van der Waals surface area (Å²) in [5, 5.41) is 9.08. The molecule has 0 unspecified atom stereocenters. The van der Waals surface area contributed by atoms with Gasteiger partial charge in [-0.05, 0) is 24.3 Å². The van der Waals surface area contributed by atoms with Crippen molar-refractivity contribution >= 4 is 5.91 Å². The maximum absolute atomic E-state index is 12.6. The zero-order chi connectivity index (χ0) is 12.8. The number of H-pyrrole nitrogens is 1. The van der Waals surface area contributed by atoms with Crippen molar-refractivity contribution in [3.63, 3.8) is 0 Å². The lowest BCUT2D eigenvalue weighted by atomic mass is 10.3. The van der Waals surface area contributed by atoms with Crippen LogP contribution in [0.3, 0.4) is 0 Å². The highest BCUT2D eigenvalue weighted by Crippen LogP contribution is 2.10. The predicted molar refractivity (Wildman–Crippen MR) is 62.3 cm³/mol. The minimum atomic E-state index is -0.341. The zero-order valence-electron chi connectivity index (χ0n) is 9.52. The number of carbonyl (C=O) groups excluding carboxylic acids is 1. The summed E-state index contributed by atoms with van der Waals surface area (Å²) >= 11 is 0. The fourth-order valence-electron chi connectivity index (χ4n) is 1.31. The van der Waals surface area contributed by atoms with Crippen LogP contribution in [-0.4, -0.2) is 22.7 Å². The van der Waals surface area contributed by atoms with Crippen molar-refractivity contribution in [2.75, 3.05) is 6.61 Å². The van der Waals surface area contributed by atoms with Gasteiger partial charge in [-0.2, -0.15) is 5.10 Å². The molecule has 0 fully saturated rings. The SMILES string of the molecule is O=C(COc1ccc(F)cc1)NCc1cn[nH]c1. The van der Waals surface area contributed by atoms with E-state index >= 15 is 0 Å². The van der Waals surface area contributed by atoms with Gasteiger partial charge in [-0.15, -0.1) is 0 Å². The summed E-state index contributed by atoms with van der Waals surface area (Å²) < 4.78 is 17.8. The molecule has 0 bridgehead atoms. The van der Waals surface area contributed by atoms with E-state index in [1.807, 2.05) is 0 Å². The van der Waals surface area contributed by atoms with E-state index in [2.05, 4.69) is 15.5 Å². The molecule has 2 aromatic rings. The Morgan fingerprint density at radius 2 is 2.17 bits per heavy atom. The third kappa shape index (κ3) is 3.58. The largest absolute Gasteiger partial charge is 0.484 e. The van der Waals surface area contributed by atoms with Gasteiger partial charge in [0.05, 0.1) is 6.20 Å². The maximum atomic E-state index is 12.6. The molecule has 1 aromatic heterocycles. The van der Waals surface area contributed by atoms with E-state index in [9.17, 15) is 9.18 Å². The van der Waals surface area contributed by atoms with Crippen molar-refractivity contribution in [3.8, 4) is 5.75 Å². The Kier molecular flexibility index (Phi) is 3.90. The topological polar surface area (TPSA) is 67.0 Å². The number of nitrogens with zero attached hydrogens (tertiary/aromatic N) is 1. The fourth-order valence-corrected chi connectivity index (χ4v) is 1.31. The van der Waals surface area contributed by atoms with E-state index in [1.165, 1.54) is 24.3 Å². The first-order valence-corrected chi connectivity index (χ1v) is 5.37. The number of ether oxygens (including phenoxy) is 1. The van der Waals surface area contributed by atoms with Crippen molar-refractivity contribution in [3.05, 3.63) is 48.0 Å². The second-order valence-corrected chi connectivity index (χ2v) is 3.63. The van der Waals surface area contributed by atoms with Gasteiger partial charge in [0.25, 0.3) is 5.91 Å². The molecule has 94 valence electrons. The van der Waals surface area contributed by atoms with Gasteiger partial charge in [0, 0.05) is 18.3 Å². The molecule has 5 nitrogen and oxygen atoms in total. The molecule has 18 heavy (non-hydrogen) atoms. The van der Waals surface area contributed by atoms with E-state index < -0.39 is 0 Å². The Hall–Kier alpha value is -2.37. The zero-order valence-corrected chi connectivity index (χ0v) is 9.52. The van der Waals surface area contributed by atoms with Crippen LogP contribution in [-0.2, 0) is 11.3 Å². The first-order chi connectivity index (χ1) is 8.74. The summed E-state index contributed by atoms with van der Waals surface area (Å²) in [5.41, 5.74) is 0.880. The molecule has 1 aromatic carbocycles. The lowest BCUT2D eigenvalue weighted by molar-refractivity contribution is -0.123. The van der Waals surface area contributed by atoms with Gasteiger partial charge >= 0.3 is 0 Å². The van der Waals surface area contributed by atoms with Crippen molar-refractivity contribution in [2.45, 2.75) is 6.54 Å². The van der Waals surface area contributed by atoms with E-state index in [4.69, 9.17) is 4.74 Å². The lowest BCUT2D eigenvalue weighted by Gasteiger charge is -2.06. The fraction of sp³-hybridized carbons (Fsp3) is 0.167. The molecule has 0 atom stereocenters. The normalized spacial score (nSPS) is 10.1. The van der Waals surface area contributed by atoms with Crippen LogP contribution in [0, 0.1) is 5.82 Å². The Morgan fingerprint density at radius 1 is 1.39 bits per heavy atom. The number of hydrogen-bond donors (Lipinski definition) is 2. The van der Waals surface area contributed by atoms with Gasteiger partial charge in [0.15, 0.2) is 6.61 Å².